The van der Waals surface area contributed by atoms with Gasteiger partial charge in [0, 0.05) is 29.7 Å². The summed E-state index contributed by atoms with van der Waals surface area (Å²) in [5.41, 5.74) is 0.165. The molecule has 19 heavy (non-hydrogen) atoms. The van der Waals surface area contributed by atoms with Crippen LogP contribution >= 0.6 is 27.5 Å². The maximum Gasteiger partial charge on any atom is 0.144 e. The summed E-state index contributed by atoms with van der Waals surface area (Å²) in [6.07, 6.45) is 3.95. The molecule has 0 saturated carbocycles. The van der Waals surface area contributed by atoms with Gasteiger partial charge in [-0.2, -0.15) is 0 Å². The predicted octanol–water partition coefficient (Wildman–Crippen LogP) is 2.93. The van der Waals surface area contributed by atoms with E-state index >= 15 is 0 Å². The van der Waals surface area contributed by atoms with E-state index in [-0.39, 0.29) is 5.41 Å². The summed E-state index contributed by atoms with van der Waals surface area (Å²) in [5, 5.41) is 7.38. The summed E-state index contributed by atoms with van der Waals surface area (Å²) in [4.78, 5) is 4.31. The molecule has 2 rings (SSSR count). The monoisotopic (exact) mass is 347 g/mol. The summed E-state index contributed by atoms with van der Waals surface area (Å²) in [6.45, 7) is 3.66. The van der Waals surface area contributed by atoms with E-state index in [0.717, 1.165) is 49.4 Å². The molecule has 1 aliphatic rings. The Morgan fingerprint density at radius 2 is 2.26 bits per heavy atom. The van der Waals surface area contributed by atoms with E-state index in [1.807, 2.05) is 6.07 Å². The van der Waals surface area contributed by atoms with Gasteiger partial charge in [-0.15, -0.1) is 0 Å². The highest BCUT2D eigenvalue weighted by Gasteiger charge is 2.32. The number of ether oxygens (including phenoxy) is 1. The molecule has 0 bridgehead atoms. The van der Waals surface area contributed by atoms with Gasteiger partial charge in [-0.1, -0.05) is 11.6 Å². The fourth-order valence-corrected chi connectivity index (χ4v) is 3.15. The molecule has 0 amide bonds. The second-order valence-corrected chi connectivity index (χ2v) is 6.34. The average Bonchev–Trinajstić information content (AvgIpc) is 2.39. The molecular weight excluding hydrogens is 330 g/mol. The Labute approximate surface area is 127 Å². The molecule has 106 valence electrons. The normalized spacial score (nSPS) is 18.3. The number of halogens is 2. The molecule has 1 fully saturated rings. The molecule has 2 heterocycles. The zero-order valence-corrected chi connectivity index (χ0v) is 13.4. The molecule has 1 aromatic rings. The SMILES string of the molecule is COCC1(CNc2ncc(Br)cc2Cl)CCNCC1. The Bertz CT molecular complexity index is 419. The lowest BCUT2D eigenvalue weighted by molar-refractivity contribution is 0.0635. The van der Waals surface area contributed by atoms with Gasteiger partial charge in [0.25, 0.3) is 0 Å². The smallest absolute Gasteiger partial charge is 0.144 e. The van der Waals surface area contributed by atoms with Gasteiger partial charge in [0.1, 0.15) is 5.82 Å². The van der Waals surface area contributed by atoms with E-state index in [0.29, 0.717) is 5.02 Å². The number of piperidine rings is 1. The number of nitrogens with zero attached hydrogens (tertiary/aromatic N) is 1. The molecule has 2 N–H and O–H groups in total. The van der Waals surface area contributed by atoms with Gasteiger partial charge in [-0.25, -0.2) is 4.98 Å². The number of methoxy groups -OCH3 is 1. The number of nitrogens with one attached hydrogen (secondary N) is 2. The van der Waals surface area contributed by atoms with Crippen LogP contribution in [0.1, 0.15) is 12.8 Å². The van der Waals surface area contributed by atoms with Crippen molar-refractivity contribution in [3.63, 3.8) is 0 Å². The Kier molecular flexibility index (Phi) is 5.45. The summed E-state index contributed by atoms with van der Waals surface area (Å²) in [7, 11) is 1.76. The quantitative estimate of drug-likeness (QED) is 0.859. The van der Waals surface area contributed by atoms with Gasteiger partial charge >= 0.3 is 0 Å². The minimum Gasteiger partial charge on any atom is -0.384 e. The van der Waals surface area contributed by atoms with Gasteiger partial charge in [0.2, 0.25) is 0 Å². The van der Waals surface area contributed by atoms with Crippen LogP contribution in [0.3, 0.4) is 0 Å². The molecule has 0 unspecified atom stereocenters. The van der Waals surface area contributed by atoms with Gasteiger partial charge in [-0.05, 0) is 47.9 Å². The maximum atomic E-state index is 6.17. The maximum absolute atomic E-state index is 6.17. The van der Waals surface area contributed by atoms with Crippen molar-refractivity contribution < 1.29 is 4.74 Å². The summed E-state index contributed by atoms with van der Waals surface area (Å²) < 4.78 is 6.28. The first kappa shape index (κ1) is 15.0. The fraction of sp³-hybridized carbons (Fsp3) is 0.615. The molecule has 4 nitrogen and oxygen atoms in total. The lowest BCUT2D eigenvalue weighted by Crippen LogP contribution is -2.44. The molecule has 6 heteroatoms. The van der Waals surface area contributed by atoms with Crippen LogP contribution in [0.15, 0.2) is 16.7 Å². The minimum atomic E-state index is 0.165. The van der Waals surface area contributed by atoms with Crippen LogP contribution < -0.4 is 10.6 Å². The molecule has 0 spiro atoms. The second kappa shape index (κ2) is 6.88. The first-order valence-corrected chi connectivity index (χ1v) is 7.57. The summed E-state index contributed by atoms with van der Waals surface area (Å²) >= 11 is 9.53. The van der Waals surface area contributed by atoms with Crippen molar-refractivity contribution in [1.29, 1.82) is 0 Å². The highest BCUT2D eigenvalue weighted by atomic mass is 79.9. The van der Waals surface area contributed by atoms with Crippen molar-refractivity contribution >= 4 is 33.3 Å². The van der Waals surface area contributed by atoms with Crippen LogP contribution in [-0.2, 0) is 4.74 Å². The zero-order valence-electron chi connectivity index (χ0n) is 11.0. The van der Waals surface area contributed by atoms with Crippen molar-refractivity contribution in [2.75, 3.05) is 38.7 Å². The second-order valence-electron chi connectivity index (χ2n) is 5.02. The Hall–Kier alpha value is -0.360. The van der Waals surface area contributed by atoms with Crippen molar-refractivity contribution in [2.24, 2.45) is 5.41 Å². The molecular formula is C13H19BrClN3O. The van der Waals surface area contributed by atoms with Crippen LogP contribution in [0.2, 0.25) is 5.02 Å². The van der Waals surface area contributed by atoms with Gasteiger partial charge < -0.3 is 15.4 Å². The lowest BCUT2D eigenvalue weighted by Gasteiger charge is -2.37. The van der Waals surface area contributed by atoms with Crippen molar-refractivity contribution in [3.8, 4) is 0 Å². The van der Waals surface area contributed by atoms with E-state index in [2.05, 4.69) is 31.5 Å². The number of rotatable bonds is 5. The standard InChI is InChI=1S/C13H19BrClN3O/c1-19-9-13(2-4-16-5-3-13)8-18-12-11(15)6-10(14)7-17-12/h6-7,16H,2-5,8-9H2,1H3,(H,17,18). The molecule has 0 aliphatic carbocycles. The molecule has 1 aliphatic heterocycles. The number of anilines is 1. The largest absolute Gasteiger partial charge is 0.384 e. The summed E-state index contributed by atoms with van der Waals surface area (Å²) in [5.74, 6) is 0.735. The fourth-order valence-electron chi connectivity index (χ4n) is 2.45. The molecule has 0 radical (unpaired) electrons. The van der Waals surface area contributed by atoms with Crippen LogP contribution in [0, 0.1) is 5.41 Å². The predicted molar refractivity (Wildman–Crippen MR) is 81.8 cm³/mol. The zero-order chi connectivity index (χ0) is 13.7. The molecule has 0 aromatic carbocycles. The van der Waals surface area contributed by atoms with E-state index in [1.165, 1.54) is 0 Å². The third kappa shape index (κ3) is 4.05. The first-order valence-electron chi connectivity index (χ1n) is 6.40. The first-order chi connectivity index (χ1) is 9.15. The third-order valence-electron chi connectivity index (χ3n) is 3.55. The number of pyridine rings is 1. The van der Waals surface area contributed by atoms with Gasteiger partial charge in [-0.3, -0.25) is 0 Å². The van der Waals surface area contributed by atoms with E-state index in [1.54, 1.807) is 13.3 Å². The van der Waals surface area contributed by atoms with E-state index < -0.39 is 0 Å². The highest BCUT2D eigenvalue weighted by Crippen LogP contribution is 2.31. The number of aromatic nitrogens is 1. The topological polar surface area (TPSA) is 46.2 Å². The van der Waals surface area contributed by atoms with Crippen molar-refractivity contribution in [3.05, 3.63) is 21.8 Å². The van der Waals surface area contributed by atoms with Crippen molar-refractivity contribution in [2.45, 2.75) is 12.8 Å². The third-order valence-corrected chi connectivity index (χ3v) is 4.28. The average molecular weight is 349 g/mol. The van der Waals surface area contributed by atoms with Crippen LogP contribution in [-0.4, -0.2) is 38.3 Å². The van der Waals surface area contributed by atoms with Crippen LogP contribution in [0.5, 0.6) is 0 Å². The highest BCUT2D eigenvalue weighted by molar-refractivity contribution is 9.10. The minimum absolute atomic E-state index is 0.165. The van der Waals surface area contributed by atoms with Gasteiger partial charge in [0.15, 0.2) is 0 Å². The summed E-state index contributed by atoms with van der Waals surface area (Å²) in [6, 6.07) is 1.85. The Morgan fingerprint density at radius 3 is 2.89 bits per heavy atom. The van der Waals surface area contributed by atoms with Crippen LogP contribution in [0.25, 0.3) is 0 Å². The van der Waals surface area contributed by atoms with E-state index in [4.69, 9.17) is 16.3 Å². The van der Waals surface area contributed by atoms with Crippen LogP contribution in [0.4, 0.5) is 5.82 Å². The number of hydrogen-bond donors (Lipinski definition) is 2. The van der Waals surface area contributed by atoms with Crippen molar-refractivity contribution in [1.82, 2.24) is 10.3 Å². The van der Waals surface area contributed by atoms with E-state index in [9.17, 15) is 0 Å². The molecule has 1 aromatic heterocycles. The molecule has 1 saturated heterocycles. The van der Waals surface area contributed by atoms with Gasteiger partial charge in [0.05, 0.1) is 11.6 Å². The number of hydrogen-bond acceptors (Lipinski definition) is 4. The Morgan fingerprint density at radius 1 is 1.53 bits per heavy atom. The lowest BCUT2D eigenvalue weighted by atomic mass is 9.79. The Balaban J connectivity index is 2.01. The molecule has 0 atom stereocenters.